The topological polar surface area (TPSA) is 91.6 Å². The maximum atomic E-state index is 13.9. The summed E-state index contributed by atoms with van der Waals surface area (Å²) in [6, 6.07) is 0.833. The summed E-state index contributed by atoms with van der Waals surface area (Å²) >= 11 is 0. The minimum atomic E-state index is -1.18. The molecule has 1 fully saturated rings. The number of hydrogen-bond acceptors (Lipinski definition) is 4. The zero-order valence-electron chi connectivity index (χ0n) is 18.2. The molecule has 3 heterocycles. The maximum Gasteiger partial charge on any atom is 0.274 e. The second-order valence-corrected chi connectivity index (χ2v) is 8.79. The lowest BCUT2D eigenvalue weighted by molar-refractivity contribution is 0.0228. The molecule has 0 radical (unpaired) electrons. The Balaban J connectivity index is 1.65. The normalized spacial score (nSPS) is 22.0. The fraction of sp³-hybridized carbons (Fsp3) is 0.435. The van der Waals surface area contributed by atoms with Crippen LogP contribution in [0.15, 0.2) is 23.1 Å². The highest BCUT2D eigenvalue weighted by Gasteiger charge is 2.42. The van der Waals surface area contributed by atoms with E-state index in [4.69, 9.17) is 0 Å². The lowest BCUT2D eigenvalue weighted by Crippen LogP contribution is -2.56. The zero-order valence-corrected chi connectivity index (χ0v) is 18.2. The molecule has 0 spiro atoms. The highest BCUT2D eigenvalue weighted by Crippen LogP contribution is 2.35. The molecule has 2 aliphatic heterocycles. The molecule has 2 amide bonds. The van der Waals surface area contributed by atoms with Gasteiger partial charge in [-0.15, -0.1) is 0 Å². The van der Waals surface area contributed by atoms with E-state index < -0.39 is 58.1 Å². The molecular formula is C23H24F3N3O4. The first kappa shape index (κ1) is 22.9. The average Bonchev–Trinajstić information content (AvgIpc) is 2.75. The van der Waals surface area contributed by atoms with Crippen LogP contribution in [0.3, 0.4) is 0 Å². The van der Waals surface area contributed by atoms with Gasteiger partial charge in [0.05, 0.1) is 6.04 Å². The van der Waals surface area contributed by atoms with Crippen molar-refractivity contribution in [3.8, 4) is 5.75 Å². The summed E-state index contributed by atoms with van der Waals surface area (Å²) in [6.45, 7) is 4.28. The quantitative estimate of drug-likeness (QED) is 0.730. The summed E-state index contributed by atoms with van der Waals surface area (Å²) in [4.78, 5) is 40.1. The molecule has 1 aromatic carbocycles. The van der Waals surface area contributed by atoms with Crippen LogP contribution < -0.4 is 10.7 Å². The van der Waals surface area contributed by atoms with E-state index in [2.05, 4.69) is 5.32 Å². The number of rotatable bonds is 4. The Morgan fingerprint density at radius 2 is 1.85 bits per heavy atom. The van der Waals surface area contributed by atoms with Crippen molar-refractivity contribution in [1.82, 2.24) is 14.8 Å². The number of benzene rings is 1. The third kappa shape index (κ3) is 3.98. The Labute approximate surface area is 187 Å². The summed E-state index contributed by atoms with van der Waals surface area (Å²) in [5.74, 6) is -5.22. The number of nitrogens with zero attached hydrogens (tertiary/aromatic N) is 2. The Kier molecular flexibility index (Phi) is 5.94. The Hall–Kier alpha value is -3.30. The van der Waals surface area contributed by atoms with Gasteiger partial charge in [0.15, 0.2) is 11.4 Å². The van der Waals surface area contributed by atoms with Crippen LogP contribution in [-0.2, 0) is 13.1 Å². The number of fused-ring (bicyclic) bond motifs is 2. The number of halogens is 3. The monoisotopic (exact) mass is 463 g/mol. The second kappa shape index (κ2) is 8.57. The summed E-state index contributed by atoms with van der Waals surface area (Å²) in [5.41, 5.74) is -2.26. The van der Waals surface area contributed by atoms with Crippen LogP contribution in [-0.4, -0.2) is 39.0 Å². The van der Waals surface area contributed by atoms with Gasteiger partial charge < -0.3 is 19.9 Å². The number of nitrogens with one attached hydrogen (secondary N) is 1. The van der Waals surface area contributed by atoms with Gasteiger partial charge in [0, 0.05) is 43.5 Å². The predicted octanol–water partition coefficient (Wildman–Crippen LogP) is 2.79. The van der Waals surface area contributed by atoms with E-state index in [0.29, 0.717) is 25.2 Å². The highest BCUT2D eigenvalue weighted by molar-refractivity contribution is 5.99. The van der Waals surface area contributed by atoms with Crippen LogP contribution in [0.4, 0.5) is 13.2 Å². The Morgan fingerprint density at radius 3 is 2.48 bits per heavy atom. The fourth-order valence-corrected chi connectivity index (χ4v) is 4.92. The molecule has 0 bridgehead atoms. The van der Waals surface area contributed by atoms with Gasteiger partial charge in [-0.1, -0.05) is 20.3 Å². The number of hydrogen-bond donors (Lipinski definition) is 2. The molecule has 2 aromatic rings. The minimum absolute atomic E-state index is 0.133. The van der Waals surface area contributed by atoms with Crippen LogP contribution in [0.25, 0.3) is 0 Å². The number of amides is 2. The standard InChI is InChI=1S/C23H24F3N3O4/c1-3-12-4-11(2)8-29-18(12)10-28-9-15(20(30)21(31)19(28)23(29)33)22(32)27-7-14-16(25)5-13(24)6-17(14)26/h5-6,9,11-12,18,31H,3-4,7-8,10H2,1-2H3,(H,27,32)/t11-,12-,18+/m0/s1. The number of carbonyl (C=O) groups is 2. The summed E-state index contributed by atoms with van der Waals surface area (Å²) < 4.78 is 42.2. The van der Waals surface area contributed by atoms with Gasteiger partial charge in [-0.25, -0.2) is 13.2 Å². The van der Waals surface area contributed by atoms with E-state index in [-0.39, 0.29) is 23.6 Å². The number of aromatic nitrogens is 1. The van der Waals surface area contributed by atoms with E-state index in [0.717, 1.165) is 12.8 Å². The molecule has 2 aliphatic rings. The molecule has 3 atom stereocenters. The van der Waals surface area contributed by atoms with Gasteiger partial charge in [-0.05, 0) is 18.3 Å². The Bertz CT molecular complexity index is 1170. The van der Waals surface area contributed by atoms with Gasteiger partial charge in [-0.3, -0.25) is 14.4 Å². The van der Waals surface area contributed by atoms with Crippen LogP contribution >= 0.6 is 0 Å². The van der Waals surface area contributed by atoms with Gasteiger partial charge in [-0.2, -0.15) is 0 Å². The smallest absolute Gasteiger partial charge is 0.274 e. The molecule has 4 rings (SSSR count). The third-order valence-electron chi connectivity index (χ3n) is 6.56. The number of piperidine rings is 1. The lowest BCUT2D eigenvalue weighted by Gasteiger charge is -2.47. The summed E-state index contributed by atoms with van der Waals surface area (Å²) in [5, 5.41) is 12.7. The average molecular weight is 463 g/mol. The largest absolute Gasteiger partial charge is 0.503 e. The van der Waals surface area contributed by atoms with Gasteiger partial charge in [0.25, 0.3) is 11.8 Å². The summed E-state index contributed by atoms with van der Waals surface area (Å²) in [6.07, 6.45) is 2.99. The van der Waals surface area contributed by atoms with Crippen LogP contribution in [0.5, 0.6) is 5.75 Å². The number of carbonyl (C=O) groups excluding carboxylic acids is 2. The van der Waals surface area contributed by atoms with E-state index in [9.17, 15) is 32.7 Å². The van der Waals surface area contributed by atoms with Crippen molar-refractivity contribution in [2.45, 2.75) is 45.8 Å². The van der Waals surface area contributed by atoms with Gasteiger partial charge in [0.1, 0.15) is 23.0 Å². The molecule has 0 unspecified atom stereocenters. The third-order valence-corrected chi connectivity index (χ3v) is 6.56. The predicted molar refractivity (Wildman–Crippen MR) is 112 cm³/mol. The minimum Gasteiger partial charge on any atom is -0.503 e. The summed E-state index contributed by atoms with van der Waals surface area (Å²) in [7, 11) is 0. The first-order valence-electron chi connectivity index (χ1n) is 10.8. The molecule has 7 nitrogen and oxygen atoms in total. The first-order chi connectivity index (χ1) is 15.6. The van der Waals surface area contributed by atoms with Crippen molar-refractivity contribution in [3.63, 3.8) is 0 Å². The van der Waals surface area contributed by atoms with E-state index in [1.807, 2.05) is 13.8 Å². The van der Waals surface area contributed by atoms with Gasteiger partial charge in [0.2, 0.25) is 5.43 Å². The van der Waals surface area contributed by atoms with Crippen LogP contribution in [0.2, 0.25) is 0 Å². The van der Waals surface area contributed by atoms with E-state index >= 15 is 0 Å². The number of pyridine rings is 1. The molecule has 176 valence electrons. The van der Waals surface area contributed by atoms with Crippen LogP contribution in [0, 0.1) is 29.3 Å². The van der Waals surface area contributed by atoms with Crippen molar-refractivity contribution >= 4 is 11.8 Å². The fourth-order valence-electron chi connectivity index (χ4n) is 4.92. The molecular weight excluding hydrogens is 439 g/mol. The molecule has 0 saturated carbocycles. The molecule has 10 heteroatoms. The van der Waals surface area contributed by atoms with Crippen molar-refractivity contribution < 1.29 is 27.9 Å². The first-order valence-corrected chi connectivity index (χ1v) is 10.8. The van der Waals surface area contributed by atoms with Crippen LogP contribution in [0.1, 0.15) is 53.1 Å². The van der Waals surface area contributed by atoms with Crippen molar-refractivity contribution in [2.24, 2.45) is 11.8 Å². The molecule has 33 heavy (non-hydrogen) atoms. The SMILES string of the molecule is CC[C@H]1C[C@H](C)CN2C(=O)c3c(O)c(=O)c(C(=O)NCc4c(F)cc(F)cc4F)cn3C[C@H]12. The Morgan fingerprint density at radius 1 is 1.18 bits per heavy atom. The van der Waals surface area contributed by atoms with E-state index in [1.54, 1.807) is 4.90 Å². The van der Waals surface area contributed by atoms with Crippen molar-refractivity contribution in [3.05, 3.63) is 62.8 Å². The highest BCUT2D eigenvalue weighted by atomic mass is 19.1. The zero-order chi connectivity index (χ0) is 24.0. The van der Waals surface area contributed by atoms with E-state index in [1.165, 1.54) is 10.8 Å². The molecule has 1 aromatic heterocycles. The molecule has 0 aliphatic carbocycles. The molecule has 1 saturated heterocycles. The van der Waals surface area contributed by atoms with Crippen molar-refractivity contribution in [2.75, 3.05) is 6.54 Å². The second-order valence-electron chi connectivity index (χ2n) is 8.79. The van der Waals surface area contributed by atoms with Gasteiger partial charge >= 0.3 is 0 Å². The molecule has 2 N–H and O–H groups in total. The van der Waals surface area contributed by atoms with Crippen molar-refractivity contribution in [1.29, 1.82) is 0 Å². The maximum absolute atomic E-state index is 13.9. The number of aromatic hydroxyl groups is 1. The lowest BCUT2D eigenvalue weighted by atomic mass is 9.81.